The normalized spacial score (nSPS) is 21.9. The van der Waals surface area contributed by atoms with Crippen LogP contribution in [0.25, 0.3) is 0 Å². The number of carbonyl (C=O) groups excluding carboxylic acids is 1. The third kappa shape index (κ3) is 1.17. The summed E-state index contributed by atoms with van der Waals surface area (Å²) >= 11 is 1.48. The Bertz CT molecular complexity index is 308. The van der Waals surface area contributed by atoms with Crippen LogP contribution in [-0.2, 0) is 11.3 Å². The Balaban J connectivity index is 2.43. The summed E-state index contributed by atoms with van der Waals surface area (Å²) in [5.74, 6) is 0.389. The van der Waals surface area contributed by atoms with Crippen LogP contribution in [0.5, 0.6) is 0 Å². The van der Waals surface area contributed by atoms with E-state index in [1.54, 1.807) is 0 Å². The van der Waals surface area contributed by atoms with E-state index in [4.69, 9.17) is 4.74 Å². The molecule has 1 aromatic heterocycles. The van der Waals surface area contributed by atoms with Crippen molar-refractivity contribution >= 4 is 17.6 Å². The molecule has 4 heteroatoms. The van der Waals surface area contributed by atoms with E-state index in [-0.39, 0.29) is 0 Å². The number of aromatic nitrogens is 1. The summed E-state index contributed by atoms with van der Waals surface area (Å²) in [4.78, 5) is 15.8. The molecule has 2 heterocycles. The minimum atomic E-state index is 0.389. The zero-order valence-corrected chi connectivity index (χ0v) is 7.56. The number of thiazole rings is 1. The molecule has 2 rings (SSSR count). The van der Waals surface area contributed by atoms with Crippen LogP contribution in [0, 0.1) is 0 Å². The van der Waals surface area contributed by atoms with Crippen molar-refractivity contribution in [1.29, 1.82) is 0 Å². The fraction of sp³-hybridized carbons (Fsp3) is 0.500. The molecular formula is C8H9NO2S. The number of ether oxygens (including phenoxy) is 1. The summed E-state index contributed by atoms with van der Waals surface area (Å²) in [5, 5.41) is 0.567. The number of carbonyl (C=O) groups is 1. The van der Waals surface area contributed by atoms with Gasteiger partial charge in [-0.3, -0.25) is 4.79 Å². The van der Waals surface area contributed by atoms with E-state index in [0.717, 1.165) is 18.6 Å². The average molecular weight is 183 g/mol. The Morgan fingerprint density at radius 2 is 2.58 bits per heavy atom. The van der Waals surface area contributed by atoms with Crippen LogP contribution in [0.2, 0.25) is 0 Å². The van der Waals surface area contributed by atoms with Gasteiger partial charge in [0.1, 0.15) is 0 Å². The summed E-state index contributed by atoms with van der Waals surface area (Å²) in [7, 11) is 0. The lowest BCUT2D eigenvalue weighted by Crippen LogP contribution is -2.12. The summed E-state index contributed by atoms with van der Waals surface area (Å²) in [6.45, 7) is 3.39. The summed E-state index contributed by atoms with van der Waals surface area (Å²) in [6, 6.07) is 0. The Kier molecular flexibility index (Phi) is 1.94. The van der Waals surface area contributed by atoms with E-state index >= 15 is 0 Å². The van der Waals surface area contributed by atoms with Gasteiger partial charge >= 0.3 is 0 Å². The maximum Gasteiger partial charge on any atom is 0.178 e. The van der Waals surface area contributed by atoms with Crippen LogP contribution in [0.1, 0.15) is 33.2 Å². The first-order valence-corrected chi connectivity index (χ1v) is 4.65. The second-order valence-electron chi connectivity index (χ2n) is 2.90. The van der Waals surface area contributed by atoms with Crippen molar-refractivity contribution in [3.8, 4) is 0 Å². The quantitative estimate of drug-likeness (QED) is 0.621. The summed E-state index contributed by atoms with van der Waals surface area (Å²) in [5.41, 5.74) is 0.945. The molecule has 0 amide bonds. The molecule has 0 saturated heterocycles. The van der Waals surface area contributed by atoms with Crippen molar-refractivity contribution in [3.63, 3.8) is 0 Å². The first-order chi connectivity index (χ1) is 5.81. The predicted molar refractivity (Wildman–Crippen MR) is 45.6 cm³/mol. The largest absolute Gasteiger partial charge is 0.374 e. The predicted octanol–water partition coefficient (Wildman–Crippen LogP) is 1.59. The van der Waals surface area contributed by atoms with Crippen LogP contribution in [0.3, 0.4) is 0 Å². The number of nitrogens with zero attached hydrogens (tertiary/aromatic N) is 1. The summed E-state index contributed by atoms with van der Waals surface area (Å²) < 4.78 is 5.29. The van der Waals surface area contributed by atoms with E-state index < -0.39 is 0 Å². The van der Waals surface area contributed by atoms with Crippen molar-refractivity contribution in [3.05, 3.63) is 15.6 Å². The molecule has 0 aromatic carbocycles. The average Bonchev–Trinajstić information content (AvgIpc) is 2.49. The molecule has 1 aromatic rings. The van der Waals surface area contributed by atoms with Gasteiger partial charge in [-0.2, -0.15) is 0 Å². The van der Waals surface area contributed by atoms with Crippen molar-refractivity contribution < 1.29 is 9.53 Å². The van der Waals surface area contributed by atoms with Crippen molar-refractivity contribution in [2.45, 2.75) is 19.4 Å². The minimum Gasteiger partial charge on any atom is -0.374 e. The zero-order chi connectivity index (χ0) is 8.55. The van der Waals surface area contributed by atoms with Crippen LogP contribution >= 0.6 is 11.3 Å². The molecule has 0 spiro atoms. The van der Waals surface area contributed by atoms with E-state index in [1.165, 1.54) is 16.2 Å². The minimum absolute atomic E-state index is 0.389. The van der Waals surface area contributed by atoms with Gasteiger partial charge in [0.15, 0.2) is 11.3 Å². The van der Waals surface area contributed by atoms with Crippen molar-refractivity contribution in [2.75, 3.05) is 6.61 Å². The molecule has 0 bridgehead atoms. The van der Waals surface area contributed by atoms with Gasteiger partial charge in [-0.15, -0.1) is 11.3 Å². The van der Waals surface area contributed by atoms with E-state index in [9.17, 15) is 4.79 Å². The fourth-order valence-electron chi connectivity index (χ4n) is 1.33. The van der Waals surface area contributed by atoms with Gasteiger partial charge in [0.25, 0.3) is 0 Å². The van der Waals surface area contributed by atoms with Gasteiger partial charge in [0.05, 0.1) is 18.9 Å². The van der Waals surface area contributed by atoms with Gasteiger partial charge in [-0.25, -0.2) is 4.98 Å². The molecule has 0 N–H and O–H groups in total. The fourth-order valence-corrected chi connectivity index (χ4v) is 2.25. The third-order valence-electron chi connectivity index (χ3n) is 1.90. The number of hydrogen-bond acceptors (Lipinski definition) is 4. The van der Waals surface area contributed by atoms with Gasteiger partial charge in [-0.05, 0) is 0 Å². The Labute approximate surface area is 74.4 Å². The standard InChI is InChI=1S/C8H9NO2S/c1-5-3-11-4-6-8(5)12-7(2-10)9-6/h2,5H,3-4H2,1H3. The van der Waals surface area contributed by atoms with Crippen molar-refractivity contribution in [1.82, 2.24) is 4.98 Å². The number of rotatable bonds is 1. The Morgan fingerprint density at radius 3 is 3.25 bits per heavy atom. The highest BCUT2D eigenvalue weighted by atomic mass is 32.1. The van der Waals surface area contributed by atoms with Gasteiger partial charge in [-0.1, -0.05) is 6.92 Å². The number of fused-ring (bicyclic) bond motifs is 1. The maximum absolute atomic E-state index is 10.4. The van der Waals surface area contributed by atoms with E-state index in [0.29, 0.717) is 17.5 Å². The molecule has 0 radical (unpaired) electrons. The summed E-state index contributed by atoms with van der Waals surface area (Å²) in [6.07, 6.45) is 0.801. The van der Waals surface area contributed by atoms with E-state index in [2.05, 4.69) is 11.9 Å². The SMILES string of the molecule is CC1COCc2nc(C=O)sc21. The molecule has 0 saturated carbocycles. The lowest BCUT2D eigenvalue weighted by molar-refractivity contribution is 0.0937. The van der Waals surface area contributed by atoms with Gasteiger partial charge < -0.3 is 4.74 Å². The molecular weight excluding hydrogens is 174 g/mol. The van der Waals surface area contributed by atoms with Gasteiger partial charge in [0.2, 0.25) is 0 Å². The topological polar surface area (TPSA) is 39.2 Å². The zero-order valence-electron chi connectivity index (χ0n) is 6.74. The highest BCUT2D eigenvalue weighted by molar-refractivity contribution is 7.13. The first-order valence-electron chi connectivity index (χ1n) is 3.84. The lowest BCUT2D eigenvalue weighted by atomic mass is 10.1. The molecule has 1 aliphatic rings. The molecule has 1 unspecified atom stereocenters. The van der Waals surface area contributed by atoms with Crippen molar-refractivity contribution in [2.24, 2.45) is 0 Å². The van der Waals surface area contributed by atoms with Crippen LogP contribution in [0.4, 0.5) is 0 Å². The lowest BCUT2D eigenvalue weighted by Gasteiger charge is -2.16. The Hall–Kier alpha value is -0.740. The molecule has 0 aliphatic carbocycles. The molecule has 0 fully saturated rings. The second kappa shape index (κ2) is 2.95. The second-order valence-corrected chi connectivity index (χ2v) is 3.96. The van der Waals surface area contributed by atoms with Crippen LogP contribution in [-0.4, -0.2) is 17.9 Å². The maximum atomic E-state index is 10.4. The Morgan fingerprint density at radius 1 is 1.75 bits per heavy atom. The van der Waals surface area contributed by atoms with Crippen LogP contribution in [0.15, 0.2) is 0 Å². The smallest absolute Gasteiger partial charge is 0.178 e. The third-order valence-corrected chi connectivity index (χ3v) is 3.15. The number of aldehydes is 1. The van der Waals surface area contributed by atoms with Crippen LogP contribution < -0.4 is 0 Å². The van der Waals surface area contributed by atoms with Gasteiger partial charge in [0, 0.05) is 10.8 Å². The van der Waals surface area contributed by atoms with E-state index in [1.807, 2.05) is 0 Å². The highest BCUT2D eigenvalue weighted by Gasteiger charge is 2.21. The molecule has 3 nitrogen and oxygen atoms in total. The highest BCUT2D eigenvalue weighted by Crippen LogP contribution is 2.30. The molecule has 12 heavy (non-hydrogen) atoms. The monoisotopic (exact) mass is 183 g/mol. The molecule has 1 aliphatic heterocycles. The molecule has 1 atom stereocenters. The first kappa shape index (κ1) is 7.89. The molecule has 64 valence electrons. The number of hydrogen-bond donors (Lipinski definition) is 0.